The van der Waals surface area contributed by atoms with Gasteiger partial charge in [-0.25, -0.2) is 14.5 Å². The number of aromatic nitrogens is 3. The van der Waals surface area contributed by atoms with Gasteiger partial charge in [-0.15, -0.1) is 0 Å². The maximum atomic E-state index is 11.1. The van der Waals surface area contributed by atoms with Crippen molar-refractivity contribution >= 4 is 28.6 Å². The third-order valence-electron chi connectivity index (χ3n) is 3.08. The normalized spacial score (nSPS) is 11.4. The molecule has 2 aromatic rings. The quantitative estimate of drug-likeness (QED) is 0.914. The molecule has 20 heavy (non-hydrogen) atoms. The first-order chi connectivity index (χ1) is 9.41. The van der Waals surface area contributed by atoms with Crippen LogP contribution in [0, 0.1) is 6.92 Å². The number of carboxylic acid groups (broad SMARTS) is 1. The lowest BCUT2D eigenvalue weighted by Crippen LogP contribution is -2.15. The average molecular weight is 297 g/mol. The Hall–Kier alpha value is -1.66. The molecule has 6 nitrogen and oxygen atoms in total. The lowest BCUT2D eigenvalue weighted by molar-refractivity contribution is 0.0697. The molecule has 0 aliphatic heterocycles. The Morgan fingerprint density at radius 1 is 1.50 bits per heavy atom. The summed E-state index contributed by atoms with van der Waals surface area (Å²) < 4.78 is 1.78. The van der Waals surface area contributed by atoms with Crippen LogP contribution >= 0.6 is 11.6 Å². The van der Waals surface area contributed by atoms with Crippen molar-refractivity contribution < 1.29 is 9.90 Å². The molecule has 0 radical (unpaired) electrons. The summed E-state index contributed by atoms with van der Waals surface area (Å²) in [6, 6.07) is 0. The van der Waals surface area contributed by atoms with E-state index in [1.807, 2.05) is 21.0 Å². The van der Waals surface area contributed by atoms with Crippen LogP contribution in [0.2, 0.25) is 5.02 Å². The van der Waals surface area contributed by atoms with E-state index in [2.05, 4.69) is 15.0 Å². The molecule has 0 saturated heterocycles. The van der Waals surface area contributed by atoms with Gasteiger partial charge in [-0.05, 0) is 34.0 Å². The number of fused-ring (bicyclic) bond motifs is 1. The van der Waals surface area contributed by atoms with Gasteiger partial charge in [0.15, 0.2) is 5.65 Å². The van der Waals surface area contributed by atoms with E-state index >= 15 is 0 Å². The largest absolute Gasteiger partial charge is 0.478 e. The number of hydrogen-bond acceptors (Lipinski definition) is 4. The Morgan fingerprint density at radius 2 is 2.20 bits per heavy atom. The van der Waals surface area contributed by atoms with Crippen LogP contribution in [0.15, 0.2) is 6.20 Å². The third-order valence-corrected chi connectivity index (χ3v) is 3.47. The highest BCUT2D eigenvalue weighted by atomic mass is 35.5. The Balaban J connectivity index is 2.40. The number of hydrogen-bond donors (Lipinski definition) is 1. The number of halogens is 1. The summed E-state index contributed by atoms with van der Waals surface area (Å²) in [5.41, 5.74) is 1.34. The van der Waals surface area contributed by atoms with Gasteiger partial charge in [-0.3, -0.25) is 0 Å². The van der Waals surface area contributed by atoms with Gasteiger partial charge in [-0.1, -0.05) is 11.6 Å². The van der Waals surface area contributed by atoms with Crippen molar-refractivity contribution in [1.82, 2.24) is 19.7 Å². The van der Waals surface area contributed by atoms with Crippen LogP contribution in [0.1, 0.15) is 22.5 Å². The number of aryl methyl sites for hydroxylation is 2. The van der Waals surface area contributed by atoms with Crippen molar-refractivity contribution in [2.45, 2.75) is 19.9 Å². The highest BCUT2D eigenvalue weighted by Crippen LogP contribution is 2.28. The van der Waals surface area contributed by atoms with E-state index in [-0.39, 0.29) is 10.6 Å². The maximum absolute atomic E-state index is 11.1. The first kappa shape index (κ1) is 14.7. The molecule has 108 valence electrons. The molecule has 2 heterocycles. The fraction of sp³-hybridized carbons (Fsp3) is 0.462. The molecule has 0 aromatic carbocycles. The first-order valence-electron chi connectivity index (χ1n) is 6.31. The molecule has 0 unspecified atom stereocenters. The minimum absolute atomic E-state index is 0.00936. The Labute approximate surface area is 122 Å². The number of aromatic carboxylic acids is 1. The van der Waals surface area contributed by atoms with Crippen molar-refractivity contribution in [3.63, 3.8) is 0 Å². The second-order valence-corrected chi connectivity index (χ2v) is 5.33. The molecule has 0 spiro atoms. The fourth-order valence-corrected chi connectivity index (χ4v) is 2.47. The van der Waals surface area contributed by atoms with Crippen LogP contribution in [0.3, 0.4) is 0 Å². The molecule has 0 atom stereocenters. The second kappa shape index (κ2) is 5.76. The molecule has 7 heteroatoms. The zero-order valence-corrected chi connectivity index (χ0v) is 12.5. The lowest BCUT2D eigenvalue weighted by Gasteiger charge is -2.09. The van der Waals surface area contributed by atoms with Crippen molar-refractivity contribution in [2.75, 3.05) is 20.6 Å². The highest BCUT2D eigenvalue weighted by Gasteiger charge is 2.18. The van der Waals surface area contributed by atoms with Crippen LogP contribution in [-0.2, 0) is 6.54 Å². The standard InChI is InChI=1S/C13H17ClN4O2/c1-8-10-11(14)9(13(19)20)7-15-12(10)18(16-8)6-4-5-17(2)3/h7H,4-6H2,1-3H3,(H,19,20). The molecule has 2 aromatic heterocycles. The van der Waals surface area contributed by atoms with Gasteiger partial charge in [0.05, 0.1) is 21.7 Å². The second-order valence-electron chi connectivity index (χ2n) is 4.95. The molecule has 0 fully saturated rings. The van der Waals surface area contributed by atoms with Crippen LogP contribution in [0.5, 0.6) is 0 Å². The summed E-state index contributed by atoms with van der Waals surface area (Å²) in [6.45, 7) is 3.48. The van der Waals surface area contributed by atoms with E-state index in [1.165, 1.54) is 6.20 Å². The Kier molecular flexibility index (Phi) is 4.25. The van der Waals surface area contributed by atoms with Crippen molar-refractivity contribution in [3.8, 4) is 0 Å². The van der Waals surface area contributed by atoms with Crippen molar-refractivity contribution in [3.05, 3.63) is 22.5 Å². The third kappa shape index (κ3) is 2.76. The van der Waals surface area contributed by atoms with E-state index in [0.29, 0.717) is 16.7 Å². The SMILES string of the molecule is Cc1nn(CCCN(C)C)c2ncc(C(=O)O)c(Cl)c12. The number of nitrogens with zero attached hydrogens (tertiary/aromatic N) is 4. The summed E-state index contributed by atoms with van der Waals surface area (Å²) in [6.07, 6.45) is 2.22. The average Bonchev–Trinajstić information content (AvgIpc) is 2.66. The van der Waals surface area contributed by atoms with E-state index in [9.17, 15) is 4.79 Å². The molecule has 0 bridgehead atoms. The van der Waals surface area contributed by atoms with Gasteiger partial charge in [0.2, 0.25) is 0 Å². The number of rotatable bonds is 5. The Morgan fingerprint density at radius 3 is 2.80 bits per heavy atom. The van der Waals surface area contributed by atoms with Crippen molar-refractivity contribution in [1.29, 1.82) is 0 Å². The number of carboxylic acids is 1. The molecule has 0 aliphatic carbocycles. The molecule has 0 saturated carbocycles. The Bertz CT molecular complexity index is 651. The van der Waals surface area contributed by atoms with E-state index in [0.717, 1.165) is 19.5 Å². The molecule has 2 rings (SSSR count). The molecule has 1 N–H and O–H groups in total. The smallest absolute Gasteiger partial charge is 0.338 e. The number of carbonyl (C=O) groups is 1. The van der Waals surface area contributed by atoms with Crippen LogP contribution in [0.25, 0.3) is 11.0 Å². The summed E-state index contributed by atoms with van der Waals surface area (Å²) in [4.78, 5) is 17.4. The van der Waals surface area contributed by atoms with Gasteiger partial charge in [0.25, 0.3) is 0 Å². The zero-order chi connectivity index (χ0) is 14.9. The molecular formula is C13H17ClN4O2. The topological polar surface area (TPSA) is 71.2 Å². The van der Waals surface area contributed by atoms with E-state index in [1.54, 1.807) is 4.68 Å². The first-order valence-corrected chi connectivity index (χ1v) is 6.69. The minimum atomic E-state index is -1.08. The van der Waals surface area contributed by atoms with Gasteiger partial charge in [0.1, 0.15) is 0 Å². The summed E-state index contributed by atoms with van der Waals surface area (Å²) in [5.74, 6) is -1.08. The zero-order valence-electron chi connectivity index (χ0n) is 11.7. The van der Waals surface area contributed by atoms with E-state index in [4.69, 9.17) is 16.7 Å². The fourth-order valence-electron chi connectivity index (χ4n) is 2.12. The van der Waals surface area contributed by atoms with Gasteiger partial charge in [0, 0.05) is 12.7 Å². The molecule has 0 amide bonds. The number of pyridine rings is 1. The lowest BCUT2D eigenvalue weighted by atomic mass is 10.2. The predicted octanol–water partition coefficient (Wildman–Crippen LogP) is 2.04. The van der Waals surface area contributed by atoms with E-state index < -0.39 is 5.97 Å². The molecular weight excluding hydrogens is 280 g/mol. The van der Waals surface area contributed by atoms with Crippen molar-refractivity contribution in [2.24, 2.45) is 0 Å². The minimum Gasteiger partial charge on any atom is -0.478 e. The summed E-state index contributed by atoms with van der Waals surface area (Å²) >= 11 is 6.16. The van der Waals surface area contributed by atoms with Gasteiger partial charge >= 0.3 is 5.97 Å². The maximum Gasteiger partial charge on any atom is 0.338 e. The monoisotopic (exact) mass is 296 g/mol. The van der Waals surface area contributed by atoms with Gasteiger partial charge in [-0.2, -0.15) is 5.10 Å². The summed E-state index contributed by atoms with van der Waals surface area (Å²) in [5, 5.41) is 14.3. The van der Waals surface area contributed by atoms with Crippen LogP contribution in [-0.4, -0.2) is 51.4 Å². The summed E-state index contributed by atoms with van der Waals surface area (Å²) in [7, 11) is 4.03. The predicted molar refractivity (Wildman–Crippen MR) is 77.4 cm³/mol. The van der Waals surface area contributed by atoms with Gasteiger partial charge < -0.3 is 10.0 Å². The highest BCUT2D eigenvalue weighted by molar-refractivity contribution is 6.38. The molecule has 0 aliphatic rings. The van der Waals surface area contributed by atoms with Crippen LogP contribution < -0.4 is 0 Å². The van der Waals surface area contributed by atoms with Crippen LogP contribution in [0.4, 0.5) is 0 Å².